The highest BCUT2D eigenvalue weighted by atomic mass is 16.6. The number of nitriles is 1. The van der Waals surface area contributed by atoms with E-state index in [1.54, 1.807) is 6.07 Å². The number of rotatable bonds is 9. The quantitative estimate of drug-likeness (QED) is 0.547. The number of nitrogens with one attached hydrogen (secondary N) is 2. The molecular weight excluding hydrogens is 398 g/mol. The molecule has 10 heteroatoms. The molecule has 0 aliphatic carbocycles. The van der Waals surface area contributed by atoms with Crippen LogP contribution in [-0.2, 0) is 4.74 Å². The Hall–Kier alpha value is -3.61. The van der Waals surface area contributed by atoms with Crippen molar-refractivity contribution in [2.24, 2.45) is 5.92 Å². The topological polar surface area (TPSA) is 148 Å². The van der Waals surface area contributed by atoms with Gasteiger partial charge in [0.25, 0.3) is 0 Å². The fraction of sp³-hybridized carbons (Fsp3) is 0.476. The summed E-state index contributed by atoms with van der Waals surface area (Å²) in [6, 6.07) is 3.60. The van der Waals surface area contributed by atoms with E-state index in [1.165, 1.54) is 18.6 Å². The van der Waals surface area contributed by atoms with Gasteiger partial charge in [0.1, 0.15) is 29.1 Å². The molecule has 1 amide bonds. The highest BCUT2D eigenvalue weighted by Crippen LogP contribution is 2.26. The first-order valence-electron chi connectivity index (χ1n) is 10.0. The highest BCUT2D eigenvalue weighted by molar-refractivity contribution is 5.67. The highest BCUT2D eigenvalue weighted by Gasteiger charge is 2.16. The maximum atomic E-state index is 11.8. The number of hydrogen-bond donors (Lipinski definition) is 3. The number of alkyl carbamates (subject to hydrolysis) is 1. The summed E-state index contributed by atoms with van der Waals surface area (Å²) < 4.78 is 11.2. The molecule has 2 rings (SSSR count). The van der Waals surface area contributed by atoms with Crippen molar-refractivity contribution in [1.29, 1.82) is 5.26 Å². The van der Waals surface area contributed by atoms with Crippen molar-refractivity contribution in [2.75, 3.05) is 24.2 Å². The Bertz CT molecular complexity index is 905. The van der Waals surface area contributed by atoms with Crippen LogP contribution in [0.3, 0.4) is 0 Å². The van der Waals surface area contributed by atoms with Crippen LogP contribution in [0.25, 0.3) is 0 Å². The third-order valence-electron chi connectivity index (χ3n) is 4.19. The monoisotopic (exact) mass is 427 g/mol. The van der Waals surface area contributed by atoms with Crippen molar-refractivity contribution in [3.05, 3.63) is 30.4 Å². The molecule has 0 radical (unpaired) electrons. The van der Waals surface area contributed by atoms with Crippen LogP contribution in [0.1, 0.15) is 46.2 Å². The molecule has 4 N–H and O–H groups in total. The molecule has 0 bridgehead atoms. The SMILES string of the molecule is CCC(CCNC(=O)OC(C)(C)C)COc1cc(Nc2cnc(C#N)cn2)ncc1N. The number of nitrogens with two attached hydrogens (primary N) is 1. The second-order valence-corrected chi connectivity index (χ2v) is 7.93. The summed E-state index contributed by atoms with van der Waals surface area (Å²) in [5, 5.41) is 14.6. The molecule has 31 heavy (non-hydrogen) atoms. The Morgan fingerprint density at radius 3 is 2.58 bits per heavy atom. The molecule has 2 aromatic heterocycles. The summed E-state index contributed by atoms with van der Waals surface area (Å²) in [5.41, 5.74) is 6.11. The normalized spacial score (nSPS) is 11.8. The molecule has 0 aliphatic rings. The minimum Gasteiger partial charge on any atom is -0.491 e. The molecule has 0 saturated heterocycles. The van der Waals surface area contributed by atoms with Gasteiger partial charge < -0.3 is 25.8 Å². The summed E-state index contributed by atoms with van der Waals surface area (Å²) in [4.78, 5) is 24.0. The summed E-state index contributed by atoms with van der Waals surface area (Å²) in [5.74, 6) is 1.66. The van der Waals surface area contributed by atoms with E-state index in [0.717, 1.165) is 12.8 Å². The van der Waals surface area contributed by atoms with Crippen LogP contribution in [0.5, 0.6) is 5.75 Å². The van der Waals surface area contributed by atoms with Gasteiger partial charge in [-0.05, 0) is 39.5 Å². The Morgan fingerprint density at radius 2 is 1.97 bits per heavy atom. The van der Waals surface area contributed by atoms with Crippen LogP contribution in [0.15, 0.2) is 24.7 Å². The average molecular weight is 428 g/mol. The van der Waals surface area contributed by atoms with Gasteiger partial charge in [-0.1, -0.05) is 6.92 Å². The first kappa shape index (κ1) is 23.7. The summed E-state index contributed by atoms with van der Waals surface area (Å²) in [6.07, 6.45) is 5.51. The van der Waals surface area contributed by atoms with E-state index in [4.69, 9.17) is 20.5 Å². The molecule has 2 aromatic rings. The van der Waals surface area contributed by atoms with E-state index in [9.17, 15) is 4.79 Å². The molecule has 0 fully saturated rings. The van der Waals surface area contributed by atoms with Crippen molar-refractivity contribution < 1.29 is 14.3 Å². The van der Waals surface area contributed by atoms with Crippen LogP contribution >= 0.6 is 0 Å². The van der Waals surface area contributed by atoms with Gasteiger partial charge in [0.05, 0.1) is 30.9 Å². The molecule has 0 saturated carbocycles. The molecule has 0 aliphatic heterocycles. The fourth-order valence-corrected chi connectivity index (χ4v) is 2.53. The molecule has 10 nitrogen and oxygen atoms in total. The number of anilines is 3. The first-order valence-corrected chi connectivity index (χ1v) is 10.0. The summed E-state index contributed by atoms with van der Waals surface area (Å²) in [7, 11) is 0. The lowest BCUT2D eigenvalue weighted by Gasteiger charge is -2.21. The predicted molar refractivity (Wildman–Crippen MR) is 117 cm³/mol. The second kappa shape index (κ2) is 11.0. The van der Waals surface area contributed by atoms with Crippen LogP contribution in [0, 0.1) is 17.2 Å². The van der Waals surface area contributed by atoms with E-state index in [0.29, 0.717) is 36.2 Å². The van der Waals surface area contributed by atoms with E-state index in [1.807, 2.05) is 26.8 Å². The number of pyridine rings is 1. The van der Waals surface area contributed by atoms with E-state index in [-0.39, 0.29) is 11.6 Å². The van der Waals surface area contributed by atoms with E-state index in [2.05, 4.69) is 32.5 Å². The standard InChI is InChI=1S/C21H29N7O3/c1-5-14(6-7-24-20(29)31-21(2,3)4)13-30-17-8-18(27-11-16(17)23)28-19-12-25-15(9-22)10-26-19/h8,10-12,14H,5-7,13,23H2,1-4H3,(H,24,29)(H,26,27,28). The number of hydrogen-bond acceptors (Lipinski definition) is 9. The van der Waals surface area contributed by atoms with Crippen molar-refractivity contribution in [3.8, 4) is 11.8 Å². The Morgan fingerprint density at radius 1 is 1.23 bits per heavy atom. The van der Waals surface area contributed by atoms with Gasteiger partial charge in [-0.15, -0.1) is 0 Å². The zero-order valence-corrected chi connectivity index (χ0v) is 18.3. The minimum atomic E-state index is -0.523. The third-order valence-corrected chi connectivity index (χ3v) is 4.19. The first-order chi connectivity index (χ1) is 14.7. The van der Waals surface area contributed by atoms with Crippen LogP contribution in [0.4, 0.5) is 22.1 Å². The number of aromatic nitrogens is 3. The van der Waals surface area contributed by atoms with Gasteiger partial charge in [-0.2, -0.15) is 5.26 Å². The maximum absolute atomic E-state index is 11.8. The number of nitrogen functional groups attached to an aromatic ring is 1. The smallest absolute Gasteiger partial charge is 0.407 e. The molecule has 1 atom stereocenters. The zero-order chi connectivity index (χ0) is 22.9. The lowest BCUT2D eigenvalue weighted by Crippen LogP contribution is -2.33. The minimum absolute atomic E-state index is 0.225. The zero-order valence-electron chi connectivity index (χ0n) is 18.3. The summed E-state index contributed by atoms with van der Waals surface area (Å²) in [6.45, 7) is 8.47. The average Bonchev–Trinajstić information content (AvgIpc) is 2.71. The number of ether oxygens (including phenoxy) is 2. The van der Waals surface area contributed by atoms with E-state index >= 15 is 0 Å². The predicted octanol–water partition coefficient (Wildman–Crippen LogP) is 3.39. The van der Waals surface area contributed by atoms with Crippen molar-refractivity contribution in [2.45, 2.75) is 46.1 Å². The lowest BCUT2D eigenvalue weighted by molar-refractivity contribution is 0.0523. The van der Waals surface area contributed by atoms with Gasteiger partial charge in [0.2, 0.25) is 0 Å². The van der Waals surface area contributed by atoms with Gasteiger partial charge in [-0.3, -0.25) is 0 Å². The van der Waals surface area contributed by atoms with E-state index < -0.39 is 11.7 Å². The molecule has 0 spiro atoms. The largest absolute Gasteiger partial charge is 0.491 e. The van der Waals surface area contributed by atoms with Gasteiger partial charge >= 0.3 is 6.09 Å². The van der Waals surface area contributed by atoms with Crippen molar-refractivity contribution in [3.63, 3.8) is 0 Å². The third kappa shape index (κ3) is 8.34. The molecule has 166 valence electrons. The number of carbonyl (C=O) groups is 1. The second-order valence-electron chi connectivity index (χ2n) is 7.93. The molecular formula is C21H29N7O3. The van der Waals surface area contributed by atoms with Gasteiger partial charge in [0.15, 0.2) is 5.69 Å². The summed E-state index contributed by atoms with van der Waals surface area (Å²) >= 11 is 0. The maximum Gasteiger partial charge on any atom is 0.407 e. The van der Waals surface area contributed by atoms with Crippen LogP contribution in [-0.4, -0.2) is 39.8 Å². The fourth-order valence-electron chi connectivity index (χ4n) is 2.53. The van der Waals surface area contributed by atoms with Crippen molar-refractivity contribution >= 4 is 23.4 Å². The van der Waals surface area contributed by atoms with Gasteiger partial charge in [-0.25, -0.2) is 19.7 Å². The van der Waals surface area contributed by atoms with Crippen molar-refractivity contribution in [1.82, 2.24) is 20.3 Å². The molecule has 1 unspecified atom stereocenters. The van der Waals surface area contributed by atoms with Gasteiger partial charge in [0, 0.05) is 12.6 Å². The Balaban J connectivity index is 1.88. The lowest BCUT2D eigenvalue weighted by atomic mass is 10.0. The number of nitrogens with zero attached hydrogens (tertiary/aromatic N) is 4. The van der Waals surface area contributed by atoms with Crippen LogP contribution in [0.2, 0.25) is 0 Å². The molecule has 2 heterocycles. The number of carbonyl (C=O) groups excluding carboxylic acids is 1. The van der Waals surface area contributed by atoms with Crippen LogP contribution < -0.4 is 21.1 Å². The number of amides is 1. The Kier molecular flexibility index (Phi) is 8.37. The molecule has 0 aromatic carbocycles. The Labute approximate surface area is 182 Å².